The van der Waals surface area contributed by atoms with Crippen molar-refractivity contribution in [2.24, 2.45) is 5.73 Å². The van der Waals surface area contributed by atoms with E-state index in [9.17, 15) is 4.79 Å². The van der Waals surface area contributed by atoms with Crippen LogP contribution in [0.2, 0.25) is 0 Å². The summed E-state index contributed by atoms with van der Waals surface area (Å²) in [6.45, 7) is 2.26. The second-order valence-electron chi connectivity index (χ2n) is 4.33. The molecule has 0 fully saturated rings. The molecule has 0 radical (unpaired) electrons. The van der Waals surface area contributed by atoms with Gasteiger partial charge in [0.25, 0.3) is 0 Å². The van der Waals surface area contributed by atoms with E-state index in [0.717, 1.165) is 11.3 Å². The molecule has 0 atom stereocenters. The summed E-state index contributed by atoms with van der Waals surface area (Å²) in [5.41, 5.74) is 8.02. The van der Waals surface area contributed by atoms with Gasteiger partial charge in [0, 0.05) is 19.7 Å². The molecule has 0 aliphatic heterocycles. The number of carbonyl (C=O) groups excluding carboxylic acids is 1. The highest BCUT2D eigenvalue weighted by Gasteiger charge is 2.05. The molecule has 1 aromatic heterocycles. The number of amides is 1. The lowest BCUT2D eigenvalue weighted by molar-refractivity contribution is -0.114. The van der Waals surface area contributed by atoms with Gasteiger partial charge in [-0.15, -0.1) is 0 Å². The Morgan fingerprint density at radius 1 is 1.35 bits per heavy atom. The lowest BCUT2D eigenvalue weighted by atomic mass is 10.2. The molecule has 0 aliphatic rings. The Morgan fingerprint density at radius 3 is 2.90 bits per heavy atom. The van der Waals surface area contributed by atoms with Crippen molar-refractivity contribution < 1.29 is 9.53 Å². The molecule has 104 valence electrons. The number of nitrogens with zero attached hydrogens (tertiary/aromatic N) is 1. The maximum absolute atomic E-state index is 11.1. The van der Waals surface area contributed by atoms with Crippen LogP contribution < -0.4 is 15.8 Å². The van der Waals surface area contributed by atoms with E-state index in [1.807, 2.05) is 30.3 Å². The zero-order valence-electron chi connectivity index (χ0n) is 11.3. The van der Waals surface area contributed by atoms with Gasteiger partial charge in [0.1, 0.15) is 12.4 Å². The molecule has 0 unspecified atom stereocenters. The van der Waals surface area contributed by atoms with E-state index >= 15 is 0 Å². The molecule has 3 N–H and O–H groups in total. The second kappa shape index (κ2) is 6.68. The quantitative estimate of drug-likeness (QED) is 0.872. The number of pyridine rings is 1. The van der Waals surface area contributed by atoms with Crippen LogP contribution in [0.3, 0.4) is 0 Å². The van der Waals surface area contributed by atoms with Gasteiger partial charge in [0.05, 0.1) is 11.4 Å². The van der Waals surface area contributed by atoms with E-state index in [2.05, 4.69) is 10.3 Å². The van der Waals surface area contributed by atoms with Crippen LogP contribution in [0.1, 0.15) is 18.2 Å². The zero-order valence-corrected chi connectivity index (χ0v) is 11.3. The molecule has 20 heavy (non-hydrogen) atoms. The van der Waals surface area contributed by atoms with Crippen molar-refractivity contribution in [1.82, 2.24) is 4.98 Å². The maximum atomic E-state index is 11.1. The highest BCUT2D eigenvalue weighted by molar-refractivity contribution is 5.90. The van der Waals surface area contributed by atoms with Gasteiger partial charge >= 0.3 is 0 Å². The van der Waals surface area contributed by atoms with E-state index in [0.29, 0.717) is 24.6 Å². The minimum absolute atomic E-state index is 0.129. The lowest BCUT2D eigenvalue weighted by Crippen LogP contribution is -2.08. The van der Waals surface area contributed by atoms with Crippen LogP contribution in [0.5, 0.6) is 5.75 Å². The Bertz CT molecular complexity index is 599. The molecular formula is C15H17N3O2. The SMILES string of the molecule is CC(=O)Nc1ccccc1OCc1ccnc(CN)c1. The minimum atomic E-state index is -0.129. The molecule has 0 spiro atoms. The maximum Gasteiger partial charge on any atom is 0.221 e. The monoisotopic (exact) mass is 271 g/mol. The predicted octanol–water partition coefficient (Wildman–Crippen LogP) is 2.08. The van der Waals surface area contributed by atoms with Gasteiger partial charge in [-0.1, -0.05) is 12.1 Å². The van der Waals surface area contributed by atoms with E-state index in [1.54, 1.807) is 12.3 Å². The van der Waals surface area contributed by atoms with Gasteiger partial charge in [-0.2, -0.15) is 0 Å². The first kappa shape index (κ1) is 14.0. The Kier molecular flexibility index (Phi) is 4.68. The van der Waals surface area contributed by atoms with Crippen molar-refractivity contribution in [2.45, 2.75) is 20.1 Å². The number of rotatable bonds is 5. The van der Waals surface area contributed by atoms with Crippen LogP contribution in [0.15, 0.2) is 42.6 Å². The van der Waals surface area contributed by atoms with Gasteiger partial charge in [-0.05, 0) is 29.8 Å². The van der Waals surface area contributed by atoms with Crippen LogP contribution in [0.4, 0.5) is 5.69 Å². The molecule has 2 aromatic rings. The summed E-state index contributed by atoms with van der Waals surface area (Å²) < 4.78 is 5.74. The number of nitrogens with one attached hydrogen (secondary N) is 1. The molecule has 0 aliphatic carbocycles. The van der Waals surface area contributed by atoms with Crippen LogP contribution >= 0.6 is 0 Å². The topological polar surface area (TPSA) is 77.2 Å². The largest absolute Gasteiger partial charge is 0.487 e. The number of carbonyl (C=O) groups is 1. The van der Waals surface area contributed by atoms with Crippen molar-refractivity contribution in [3.8, 4) is 5.75 Å². The van der Waals surface area contributed by atoms with Crippen molar-refractivity contribution >= 4 is 11.6 Å². The summed E-state index contributed by atoms with van der Waals surface area (Å²) in [7, 11) is 0. The number of anilines is 1. The summed E-state index contributed by atoms with van der Waals surface area (Å²) in [5.74, 6) is 0.504. The first-order valence-corrected chi connectivity index (χ1v) is 6.32. The average molecular weight is 271 g/mol. The van der Waals surface area contributed by atoms with E-state index in [1.165, 1.54) is 6.92 Å². The molecule has 2 rings (SSSR count). The minimum Gasteiger partial charge on any atom is -0.487 e. The number of hydrogen-bond acceptors (Lipinski definition) is 4. The number of hydrogen-bond donors (Lipinski definition) is 2. The fourth-order valence-electron chi connectivity index (χ4n) is 1.78. The number of nitrogens with two attached hydrogens (primary N) is 1. The number of aromatic nitrogens is 1. The highest BCUT2D eigenvalue weighted by atomic mass is 16.5. The Hall–Kier alpha value is -2.40. The molecular weight excluding hydrogens is 254 g/mol. The zero-order chi connectivity index (χ0) is 14.4. The Balaban J connectivity index is 2.08. The number of benzene rings is 1. The van der Waals surface area contributed by atoms with Gasteiger partial charge < -0.3 is 15.8 Å². The standard InChI is InChI=1S/C15H17N3O2/c1-11(19)18-14-4-2-3-5-15(14)20-10-12-6-7-17-13(8-12)9-16/h2-8H,9-10,16H2,1H3,(H,18,19). The van der Waals surface area contributed by atoms with Crippen molar-refractivity contribution in [3.63, 3.8) is 0 Å². The Morgan fingerprint density at radius 2 is 2.15 bits per heavy atom. The summed E-state index contributed by atoms with van der Waals surface area (Å²) in [6, 6.07) is 11.1. The molecule has 0 saturated carbocycles. The molecule has 5 heteroatoms. The molecule has 1 aromatic carbocycles. The Labute approximate surface area is 117 Å². The lowest BCUT2D eigenvalue weighted by Gasteiger charge is -2.11. The molecule has 5 nitrogen and oxygen atoms in total. The van der Waals surface area contributed by atoms with Gasteiger partial charge in [-0.3, -0.25) is 9.78 Å². The van der Waals surface area contributed by atoms with E-state index in [-0.39, 0.29) is 5.91 Å². The third kappa shape index (κ3) is 3.80. The normalized spacial score (nSPS) is 10.1. The molecule has 0 saturated heterocycles. The van der Waals surface area contributed by atoms with Gasteiger partial charge in [0.15, 0.2) is 0 Å². The van der Waals surface area contributed by atoms with Crippen LogP contribution in [0.25, 0.3) is 0 Å². The van der Waals surface area contributed by atoms with E-state index < -0.39 is 0 Å². The molecule has 1 heterocycles. The van der Waals surface area contributed by atoms with Crippen molar-refractivity contribution in [3.05, 3.63) is 53.9 Å². The van der Waals surface area contributed by atoms with Gasteiger partial charge in [0.2, 0.25) is 5.91 Å². The predicted molar refractivity (Wildman–Crippen MR) is 77.2 cm³/mol. The summed E-state index contributed by atoms with van der Waals surface area (Å²) in [5, 5.41) is 2.74. The van der Waals surface area contributed by atoms with E-state index in [4.69, 9.17) is 10.5 Å². The third-order valence-electron chi connectivity index (χ3n) is 2.68. The number of ether oxygens (including phenoxy) is 1. The van der Waals surface area contributed by atoms with Crippen LogP contribution in [-0.2, 0) is 17.9 Å². The van der Waals surface area contributed by atoms with Gasteiger partial charge in [-0.25, -0.2) is 0 Å². The molecule has 0 bridgehead atoms. The fourth-order valence-corrected chi connectivity index (χ4v) is 1.78. The number of para-hydroxylation sites is 2. The average Bonchev–Trinajstić information content (AvgIpc) is 2.46. The second-order valence-corrected chi connectivity index (χ2v) is 4.33. The first-order chi connectivity index (χ1) is 9.69. The van der Waals surface area contributed by atoms with Crippen LogP contribution in [0, 0.1) is 0 Å². The smallest absolute Gasteiger partial charge is 0.221 e. The van der Waals surface area contributed by atoms with Crippen molar-refractivity contribution in [1.29, 1.82) is 0 Å². The fraction of sp³-hybridized carbons (Fsp3) is 0.200. The summed E-state index contributed by atoms with van der Waals surface area (Å²) in [4.78, 5) is 15.3. The highest BCUT2D eigenvalue weighted by Crippen LogP contribution is 2.24. The van der Waals surface area contributed by atoms with Crippen molar-refractivity contribution in [2.75, 3.05) is 5.32 Å². The first-order valence-electron chi connectivity index (χ1n) is 6.32. The summed E-state index contributed by atoms with van der Waals surface area (Å²) in [6.07, 6.45) is 1.71. The van der Waals surface area contributed by atoms with Crippen LogP contribution in [-0.4, -0.2) is 10.9 Å². The molecule has 1 amide bonds. The third-order valence-corrected chi connectivity index (χ3v) is 2.68. The summed E-state index contributed by atoms with van der Waals surface area (Å²) >= 11 is 0.